The van der Waals surface area contributed by atoms with E-state index in [0.717, 1.165) is 6.42 Å². The van der Waals surface area contributed by atoms with Gasteiger partial charge in [0.25, 0.3) is 5.91 Å². The second-order valence-electron chi connectivity index (χ2n) is 6.30. The quantitative estimate of drug-likeness (QED) is 0.858. The van der Waals surface area contributed by atoms with Gasteiger partial charge in [0, 0.05) is 31.5 Å². The normalized spacial score (nSPS) is 22.1. The molecule has 5 nitrogen and oxygen atoms in total. The summed E-state index contributed by atoms with van der Waals surface area (Å²) in [4.78, 5) is 23.0. The second-order valence-corrected chi connectivity index (χ2v) is 6.71. The van der Waals surface area contributed by atoms with E-state index in [1.54, 1.807) is 12.0 Å². The molecule has 0 radical (unpaired) electrons. The molecule has 0 bridgehead atoms. The third-order valence-corrected chi connectivity index (χ3v) is 4.10. The van der Waals surface area contributed by atoms with Gasteiger partial charge in [-0.05, 0) is 6.42 Å². The minimum Gasteiger partial charge on any atom is -0.384 e. The number of amides is 1. The molecular formula is C15H22ClN3O2. The molecule has 116 valence electrons. The van der Waals surface area contributed by atoms with Crippen molar-refractivity contribution in [2.45, 2.75) is 33.1 Å². The van der Waals surface area contributed by atoms with Crippen LogP contribution < -0.4 is 0 Å². The van der Waals surface area contributed by atoms with E-state index < -0.39 is 0 Å². The van der Waals surface area contributed by atoms with Crippen LogP contribution in [0.4, 0.5) is 0 Å². The monoisotopic (exact) mass is 311 g/mol. The number of methoxy groups -OCH3 is 1. The molecule has 1 aliphatic rings. The molecule has 1 saturated heterocycles. The van der Waals surface area contributed by atoms with Crippen molar-refractivity contribution in [3.63, 3.8) is 0 Å². The number of nitrogens with zero attached hydrogens (tertiary/aromatic N) is 3. The van der Waals surface area contributed by atoms with Crippen LogP contribution in [0.3, 0.4) is 0 Å². The zero-order valence-electron chi connectivity index (χ0n) is 13.0. The van der Waals surface area contributed by atoms with Crippen molar-refractivity contribution in [1.82, 2.24) is 14.9 Å². The number of aromatic nitrogens is 2. The molecule has 1 amide bonds. The predicted octanol–water partition coefficient (Wildman–Crippen LogP) is 2.75. The minimum atomic E-state index is -0.121. The third-order valence-electron chi connectivity index (χ3n) is 3.82. The van der Waals surface area contributed by atoms with Gasteiger partial charge in [-0.25, -0.2) is 9.97 Å². The Morgan fingerprint density at radius 3 is 2.90 bits per heavy atom. The Labute approximate surface area is 130 Å². The van der Waals surface area contributed by atoms with Crippen LogP contribution in [0.25, 0.3) is 0 Å². The molecule has 1 aromatic rings. The molecule has 6 heteroatoms. The fourth-order valence-electron chi connectivity index (χ4n) is 2.62. The average molecular weight is 312 g/mol. The van der Waals surface area contributed by atoms with E-state index in [2.05, 4.69) is 16.9 Å². The summed E-state index contributed by atoms with van der Waals surface area (Å²) in [7, 11) is 1.69. The van der Waals surface area contributed by atoms with Gasteiger partial charge in [0.15, 0.2) is 5.69 Å². The van der Waals surface area contributed by atoms with Crippen molar-refractivity contribution in [3.8, 4) is 0 Å². The van der Waals surface area contributed by atoms with Gasteiger partial charge < -0.3 is 9.64 Å². The number of carbonyl (C=O) groups excluding carboxylic acids is 1. The van der Waals surface area contributed by atoms with Crippen LogP contribution in [-0.2, 0) is 4.74 Å². The van der Waals surface area contributed by atoms with Gasteiger partial charge in [-0.15, -0.1) is 0 Å². The van der Waals surface area contributed by atoms with Gasteiger partial charge >= 0.3 is 0 Å². The SMILES string of the molecule is COCC1(C)CCN(C(=O)c2nc(C(C)C)ncc2Cl)C1. The number of rotatable bonds is 4. The third kappa shape index (κ3) is 3.52. The lowest BCUT2D eigenvalue weighted by Gasteiger charge is -2.23. The first-order valence-corrected chi connectivity index (χ1v) is 7.55. The van der Waals surface area contributed by atoms with Crippen molar-refractivity contribution in [2.75, 3.05) is 26.8 Å². The van der Waals surface area contributed by atoms with Crippen molar-refractivity contribution in [3.05, 3.63) is 22.7 Å². The Balaban J connectivity index is 2.19. The number of halogens is 1. The van der Waals surface area contributed by atoms with E-state index in [4.69, 9.17) is 16.3 Å². The topological polar surface area (TPSA) is 55.3 Å². The molecule has 1 unspecified atom stereocenters. The van der Waals surface area contributed by atoms with E-state index in [1.807, 2.05) is 13.8 Å². The Morgan fingerprint density at radius 2 is 2.29 bits per heavy atom. The summed E-state index contributed by atoms with van der Waals surface area (Å²) in [5.74, 6) is 0.678. The van der Waals surface area contributed by atoms with Gasteiger partial charge in [0.2, 0.25) is 0 Å². The van der Waals surface area contributed by atoms with Crippen LogP contribution in [0, 0.1) is 5.41 Å². The smallest absolute Gasteiger partial charge is 0.274 e. The van der Waals surface area contributed by atoms with E-state index in [-0.39, 0.29) is 17.2 Å². The number of hydrogen-bond donors (Lipinski definition) is 0. The Morgan fingerprint density at radius 1 is 1.57 bits per heavy atom. The number of carbonyl (C=O) groups is 1. The van der Waals surface area contributed by atoms with Crippen LogP contribution in [-0.4, -0.2) is 47.6 Å². The zero-order chi connectivity index (χ0) is 15.6. The molecule has 1 aromatic heterocycles. The summed E-state index contributed by atoms with van der Waals surface area (Å²) in [6, 6.07) is 0. The fourth-order valence-corrected chi connectivity index (χ4v) is 2.79. The molecule has 2 rings (SSSR count). The first-order chi connectivity index (χ1) is 9.86. The molecule has 0 spiro atoms. The summed E-state index contributed by atoms with van der Waals surface area (Å²) >= 11 is 6.11. The van der Waals surface area contributed by atoms with Gasteiger partial charge in [-0.1, -0.05) is 32.4 Å². The Kier molecular flexibility index (Phi) is 4.84. The second kappa shape index (κ2) is 6.28. The maximum absolute atomic E-state index is 12.6. The summed E-state index contributed by atoms with van der Waals surface area (Å²) < 4.78 is 5.25. The molecule has 0 aromatic carbocycles. The Bertz CT molecular complexity index is 536. The van der Waals surface area contributed by atoms with Crippen LogP contribution in [0.2, 0.25) is 5.02 Å². The molecule has 0 N–H and O–H groups in total. The van der Waals surface area contributed by atoms with E-state index in [0.29, 0.717) is 36.2 Å². The van der Waals surface area contributed by atoms with Gasteiger partial charge in [0.05, 0.1) is 17.8 Å². The highest BCUT2D eigenvalue weighted by Gasteiger charge is 2.37. The average Bonchev–Trinajstić information content (AvgIpc) is 2.81. The summed E-state index contributed by atoms with van der Waals surface area (Å²) in [5.41, 5.74) is 0.308. The predicted molar refractivity (Wildman–Crippen MR) is 81.6 cm³/mol. The molecule has 2 heterocycles. The lowest BCUT2D eigenvalue weighted by Crippen LogP contribution is -2.33. The number of ether oxygens (including phenoxy) is 1. The largest absolute Gasteiger partial charge is 0.384 e. The van der Waals surface area contributed by atoms with Crippen molar-refractivity contribution in [2.24, 2.45) is 5.41 Å². The first kappa shape index (κ1) is 16.2. The van der Waals surface area contributed by atoms with Crippen LogP contribution >= 0.6 is 11.6 Å². The molecule has 21 heavy (non-hydrogen) atoms. The highest BCUT2D eigenvalue weighted by atomic mass is 35.5. The maximum atomic E-state index is 12.6. The van der Waals surface area contributed by atoms with Crippen molar-refractivity contribution >= 4 is 17.5 Å². The van der Waals surface area contributed by atoms with Crippen molar-refractivity contribution in [1.29, 1.82) is 0 Å². The standard InChI is InChI=1S/C15H22ClN3O2/c1-10(2)13-17-7-11(16)12(18-13)14(20)19-6-5-15(3,8-19)9-21-4/h7,10H,5-6,8-9H2,1-4H3. The lowest BCUT2D eigenvalue weighted by atomic mass is 9.91. The Hall–Kier alpha value is -1.20. The molecule has 1 aliphatic heterocycles. The summed E-state index contributed by atoms with van der Waals surface area (Å²) in [6.45, 7) is 8.12. The molecular weight excluding hydrogens is 290 g/mol. The molecule has 1 fully saturated rings. The molecule has 1 atom stereocenters. The first-order valence-electron chi connectivity index (χ1n) is 7.17. The minimum absolute atomic E-state index is 0.00476. The maximum Gasteiger partial charge on any atom is 0.274 e. The summed E-state index contributed by atoms with van der Waals surface area (Å²) in [5, 5.41) is 0.310. The van der Waals surface area contributed by atoms with Crippen LogP contribution in [0.1, 0.15) is 49.4 Å². The van der Waals surface area contributed by atoms with E-state index in [9.17, 15) is 4.79 Å². The number of likely N-dealkylation sites (tertiary alicyclic amines) is 1. The highest BCUT2D eigenvalue weighted by molar-refractivity contribution is 6.33. The fraction of sp³-hybridized carbons (Fsp3) is 0.667. The van der Waals surface area contributed by atoms with E-state index >= 15 is 0 Å². The molecule has 0 aliphatic carbocycles. The van der Waals surface area contributed by atoms with Crippen molar-refractivity contribution < 1.29 is 9.53 Å². The van der Waals surface area contributed by atoms with Crippen LogP contribution in [0.5, 0.6) is 0 Å². The van der Waals surface area contributed by atoms with Crippen LogP contribution in [0.15, 0.2) is 6.20 Å². The molecule has 0 saturated carbocycles. The lowest BCUT2D eigenvalue weighted by molar-refractivity contribution is 0.0705. The zero-order valence-corrected chi connectivity index (χ0v) is 13.8. The highest BCUT2D eigenvalue weighted by Crippen LogP contribution is 2.31. The van der Waals surface area contributed by atoms with Gasteiger partial charge in [0.1, 0.15) is 5.82 Å². The van der Waals surface area contributed by atoms with Gasteiger partial charge in [-0.3, -0.25) is 4.79 Å². The summed E-state index contributed by atoms with van der Waals surface area (Å²) in [6.07, 6.45) is 2.44. The van der Waals surface area contributed by atoms with Gasteiger partial charge in [-0.2, -0.15) is 0 Å². The number of hydrogen-bond acceptors (Lipinski definition) is 4. The van der Waals surface area contributed by atoms with E-state index in [1.165, 1.54) is 6.20 Å².